The molecular formula is C33H32ClF3N8O6. The number of halogens is 4. The minimum atomic E-state index is -4.62. The number of benzene rings is 1. The highest BCUT2D eigenvalue weighted by atomic mass is 35.5. The second kappa shape index (κ2) is 13.0. The Kier molecular flexibility index (Phi) is 8.83. The van der Waals surface area contributed by atoms with Gasteiger partial charge in [-0.2, -0.15) is 22.7 Å². The summed E-state index contributed by atoms with van der Waals surface area (Å²) < 4.78 is 54.3. The summed E-state index contributed by atoms with van der Waals surface area (Å²) in [4.78, 5) is 55.6. The van der Waals surface area contributed by atoms with Crippen molar-refractivity contribution >= 4 is 40.5 Å². The molecular weight excluding hydrogens is 697 g/mol. The maximum atomic E-state index is 14.5. The van der Waals surface area contributed by atoms with Crippen molar-refractivity contribution in [1.82, 2.24) is 34.0 Å². The molecule has 1 fully saturated rings. The van der Waals surface area contributed by atoms with E-state index in [9.17, 15) is 32.7 Å². The van der Waals surface area contributed by atoms with Gasteiger partial charge in [0, 0.05) is 24.7 Å². The van der Waals surface area contributed by atoms with Crippen LogP contribution in [0, 0.1) is 6.92 Å². The molecule has 1 saturated heterocycles. The predicted octanol–water partition coefficient (Wildman–Crippen LogP) is 4.07. The zero-order chi connectivity index (χ0) is 36.2. The van der Waals surface area contributed by atoms with Crippen LogP contribution in [0.2, 0.25) is 5.02 Å². The largest absolute Gasteiger partial charge is 0.504 e. The van der Waals surface area contributed by atoms with Crippen LogP contribution >= 0.6 is 11.6 Å². The highest BCUT2D eigenvalue weighted by Crippen LogP contribution is 2.44. The first-order chi connectivity index (χ1) is 24.3. The van der Waals surface area contributed by atoms with Crippen LogP contribution in [0.15, 0.2) is 35.4 Å². The van der Waals surface area contributed by atoms with Crippen LogP contribution in [-0.2, 0) is 32.6 Å². The van der Waals surface area contributed by atoms with Crippen LogP contribution in [0.1, 0.15) is 70.9 Å². The van der Waals surface area contributed by atoms with E-state index >= 15 is 0 Å². The van der Waals surface area contributed by atoms with Crippen LogP contribution in [0.5, 0.6) is 5.75 Å². The molecule has 2 N–H and O–H groups in total. The van der Waals surface area contributed by atoms with E-state index < -0.39 is 40.6 Å². The number of aromatic nitrogens is 6. The Balaban J connectivity index is 1.28. The molecule has 7 rings (SSSR count). The second-order valence-corrected chi connectivity index (χ2v) is 13.2. The summed E-state index contributed by atoms with van der Waals surface area (Å²) in [5.41, 5.74) is -0.951. The van der Waals surface area contributed by atoms with Gasteiger partial charge in [-0.25, -0.2) is 9.97 Å². The van der Waals surface area contributed by atoms with Crippen LogP contribution < -0.4 is 10.9 Å². The molecule has 0 bridgehead atoms. The molecule has 51 heavy (non-hydrogen) atoms. The van der Waals surface area contributed by atoms with Crippen LogP contribution in [-0.4, -0.2) is 83.9 Å². The third-order valence-corrected chi connectivity index (χ3v) is 9.82. The van der Waals surface area contributed by atoms with E-state index in [4.69, 9.17) is 26.1 Å². The fraction of sp³-hybridized carbons (Fsp3) is 0.424. The number of nitrogens with one attached hydrogen (secondary N) is 1. The second-order valence-electron chi connectivity index (χ2n) is 12.7. The molecule has 0 saturated carbocycles. The zero-order valence-electron chi connectivity index (χ0n) is 27.5. The Morgan fingerprint density at radius 1 is 1.20 bits per heavy atom. The van der Waals surface area contributed by atoms with Crippen molar-refractivity contribution in [2.24, 2.45) is 0 Å². The lowest BCUT2D eigenvalue weighted by Crippen LogP contribution is -2.52. The number of carbonyl (C=O) groups is 2. The number of likely N-dealkylation sites (tertiary alicyclic amines) is 1. The fourth-order valence-electron chi connectivity index (χ4n) is 6.84. The summed E-state index contributed by atoms with van der Waals surface area (Å²) >= 11 is 6.14. The van der Waals surface area contributed by atoms with Crippen molar-refractivity contribution in [3.8, 4) is 5.75 Å². The van der Waals surface area contributed by atoms with Gasteiger partial charge in [-0.05, 0) is 50.0 Å². The Hall–Kier alpha value is -4.87. The average Bonchev–Trinajstić information content (AvgIpc) is 3.56. The van der Waals surface area contributed by atoms with E-state index in [-0.39, 0.29) is 78.3 Å². The molecule has 2 amide bonds. The number of nitrogens with zero attached hydrogens (tertiary/aromatic N) is 7. The van der Waals surface area contributed by atoms with Crippen molar-refractivity contribution in [3.05, 3.63) is 80.0 Å². The summed E-state index contributed by atoms with van der Waals surface area (Å²) in [6, 6.07) is 2.63. The first-order valence-corrected chi connectivity index (χ1v) is 16.6. The van der Waals surface area contributed by atoms with E-state index in [0.29, 0.717) is 31.2 Å². The molecule has 14 nitrogen and oxygen atoms in total. The van der Waals surface area contributed by atoms with E-state index in [2.05, 4.69) is 20.4 Å². The molecule has 18 heteroatoms. The number of hydrogen-bond donors (Lipinski definition) is 2. The molecule has 3 aliphatic heterocycles. The van der Waals surface area contributed by atoms with Gasteiger partial charge in [-0.3, -0.25) is 14.4 Å². The number of piperidine rings is 1. The van der Waals surface area contributed by atoms with Gasteiger partial charge in [0.15, 0.2) is 17.3 Å². The van der Waals surface area contributed by atoms with E-state index in [1.54, 1.807) is 11.5 Å². The molecule has 3 aromatic heterocycles. The van der Waals surface area contributed by atoms with E-state index in [1.165, 1.54) is 11.2 Å². The lowest BCUT2D eigenvalue weighted by Gasteiger charge is -2.46. The normalized spacial score (nSPS) is 18.8. The number of ether oxygens (including phenoxy) is 2. The average molecular weight is 729 g/mol. The van der Waals surface area contributed by atoms with Crippen LogP contribution in [0.25, 0.3) is 11.4 Å². The third-order valence-electron chi connectivity index (χ3n) is 9.51. The van der Waals surface area contributed by atoms with Crippen LogP contribution in [0.4, 0.5) is 18.9 Å². The molecule has 1 aromatic carbocycles. The SMILES string of the molecule is Cc1ncnc(C(=O)N2CCC3(CC2)OC[C@H](C)c2c3c(=O)n3nc(C4=CCOCC4)nc3n2CC(=O)Nc2ccc(C(F)(F)F)cc2Cl)c1O. The highest BCUT2D eigenvalue weighted by molar-refractivity contribution is 6.33. The van der Waals surface area contributed by atoms with E-state index in [1.807, 2.05) is 13.0 Å². The number of aromatic hydroxyl groups is 1. The van der Waals surface area contributed by atoms with Gasteiger partial charge in [-0.15, -0.1) is 5.10 Å². The van der Waals surface area contributed by atoms with Crippen molar-refractivity contribution in [3.63, 3.8) is 0 Å². The maximum absolute atomic E-state index is 14.5. The Bertz CT molecular complexity index is 2160. The fourth-order valence-corrected chi connectivity index (χ4v) is 7.06. The highest BCUT2D eigenvalue weighted by Gasteiger charge is 2.48. The quantitative estimate of drug-likeness (QED) is 0.306. The maximum Gasteiger partial charge on any atom is 0.416 e. The van der Waals surface area contributed by atoms with E-state index in [0.717, 1.165) is 28.3 Å². The number of anilines is 1. The smallest absolute Gasteiger partial charge is 0.416 e. The molecule has 3 aliphatic rings. The monoisotopic (exact) mass is 728 g/mol. The minimum absolute atomic E-state index is 0.0232. The number of aryl methyl sites for hydroxylation is 1. The number of rotatable bonds is 5. The summed E-state index contributed by atoms with van der Waals surface area (Å²) in [6.07, 6.45) is -0.668. The number of hydrogen-bond acceptors (Lipinski definition) is 10. The summed E-state index contributed by atoms with van der Waals surface area (Å²) in [7, 11) is 0. The zero-order valence-corrected chi connectivity index (χ0v) is 28.2. The summed E-state index contributed by atoms with van der Waals surface area (Å²) in [5, 5.41) is 17.3. The first-order valence-electron chi connectivity index (χ1n) is 16.2. The number of amides is 2. The van der Waals surface area contributed by atoms with Gasteiger partial charge >= 0.3 is 6.18 Å². The standard InChI is InChI=1S/C33H32ClF3N8O6/c1-17-15-51-32(7-9-43(10-8-32)30(49)25-27(47)18(2)38-16-39-25)24-26(17)44(14-23(46)40-22-4-3-20(13-21(22)34)33(35,36)37)31-41-28(42-45(31)29(24)48)19-5-11-50-12-6-19/h3-5,13,16-17,47H,6-12,14-15H2,1-2H3,(H,40,46)/t17-/m0/s1. The first kappa shape index (κ1) is 34.6. The molecule has 0 aliphatic carbocycles. The minimum Gasteiger partial charge on any atom is -0.504 e. The Labute approximate surface area is 292 Å². The van der Waals surface area contributed by atoms with Gasteiger partial charge in [0.25, 0.3) is 11.5 Å². The van der Waals surface area contributed by atoms with Gasteiger partial charge in [-0.1, -0.05) is 24.6 Å². The number of carbonyl (C=O) groups excluding carboxylic acids is 2. The lowest BCUT2D eigenvalue weighted by molar-refractivity contribution is -0.137. The van der Waals surface area contributed by atoms with Gasteiger partial charge in [0.05, 0.1) is 47.4 Å². The van der Waals surface area contributed by atoms with Gasteiger partial charge < -0.3 is 29.4 Å². The van der Waals surface area contributed by atoms with Crippen molar-refractivity contribution in [1.29, 1.82) is 0 Å². The molecule has 4 aromatic rings. The van der Waals surface area contributed by atoms with Crippen LogP contribution in [0.3, 0.4) is 0 Å². The molecule has 1 spiro atoms. The molecule has 0 unspecified atom stereocenters. The lowest BCUT2D eigenvalue weighted by atomic mass is 9.79. The van der Waals surface area contributed by atoms with Crippen molar-refractivity contribution < 1.29 is 37.3 Å². The summed E-state index contributed by atoms with van der Waals surface area (Å²) in [5.74, 6) is -1.43. The van der Waals surface area contributed by atoms with Crippen molar-refractivity contribution in [2.75, 3.05) is 38.2 Å². The van der Waals surface area contributed by atoms with Crippen molar-refractivity contribution in [2.45, 2.75) is 57.3 Å². The Morgan fingerprint density at radius 3 is 2.65 bits per heavy atom. The molecule has 0 radical (unpaired) electrons. The predicted molar refractivity (Wildman–Crippen MR) is 175 cm³/mol. The Morgan fingerprint density at radius 2 is 1.96 bits per heavy atom. The number of alkyl halides is 3. The third kappa shape index (κ3) is 6.22. The molecule has 6 heterocycles. The molecule has 268 valence electrons. The number of fused-ring (bicyclic) bond motifs is 3. The van der Waals surface area contributed by atoms with Gasteiger partial charge in [0.1, 0.15) is 18.5 Å². The summed E-state index contributed by atoms with van der Waals surface area (Å²) in [6.45, 7) is 4.31. The molecule has 1 atom stereocenters. The topological polar surface area (TPSA) is 166 Å². The van der Waals surface area contributed by atoms with Gasteiger partial charge in [0.2, 0.25) is 11.7 Å².